The summed E-state index contributed by atoms with van der Waals surface area (Å²) in [5.41, 5.74) is 0. The van der Waals surface area contributed by atoms with Crippen LogP contribution in [0.15, 0.2) is 0 Å². The molecule has 2 N–H and O–H groups in total. The van der Waals surface area contributed by atoms with Crippen LogP contribution in [0.4, 0.5) is 4.79 Å². The third-order valence-corrected chi connectivity index (χ3v) is 4.68. The SMILES string of the molecule is O=C(O)CC1CCN(C(=O)N2CCCC(CCO)C2)CC1. The number of amides is 2. The van der Waals surface area contributed by atoms with Crippen LogP contribution in [0.5, 0.6) is 0 Å². The predicted octanol–water partition coefficient (Wildman–Crippen LogP) is 1.39. The van der Waals surface area contributed by atoms with Crippen LogP contribution >= 0.6 is 0 Å². The molecule has 0 saturated carbocycles. The van der Waals surface area contributed by atoms with E-state index in [-0.39, 0.29) is 25.0 Å². The minimum absolute atomic E-state index is 0.0893. The second kappa shape index (κ2) is 7.64. The van der Waals surface area contributed by atoms with Gasteiger partial charge in [-0.05, 0) is 43.9 Å². The molecule has 0 aromatic rings. The van der Waals surface area contributed by atoms with Crippen LogP contribution in [-0.4, -0.2) is 64.8 Å². The molecule has 2 amide bonds. The lowest BCUT2D eigenvalue weighted by Crippen LogP contribution is -2.50. The second-order valence-electron chi connectivity index (χ2n) is 6.28. The van der Waals surface area contributed by atoms with E-state index in [1.807, 2.05) is 9.80 Å². The Balaban J connectivity index is 1.80. The van der Waals surface area contributed by atoms with Gasteiger partial charge in [-0.3, -0.25) is 4.79 Å². The molecular formula is C15H26N2O4. The van der Waals surface area contributed by atoms with Crippen molar-refractivity contribution >= 4 is 12.0 Å². The van der Waals surface area contributed by atoms with Crippen molar-refractivity contribution in [2.24, 2.45) is 11.8 Å². The Kier molecular flexibility index (Phi) is 5.85. The molecule has 6 heteroatoms. The summed E-state index contributed by atoms with van der Waals surface area (Å²) in [6, 6.07) is 0.0893. The van der Waals surface area contributed by atoms with E-state index in [0.29, 0.717) is 19.0 Å². The fraction of sp³-hybridized carbons (Fsp3) is 0.867. The predicted molar refractivity (Wildman–Crippen MR) is 77.9 cm³/mol. The number of piperidine rings is 2. The van der Waals surface area contributed by atoms with Crippen LogP contribution in [0.1, 0.15) is 38.5 Å². The summed E-state index contributed by atoms with van der Waals surface area (Å²) in [6.45, 7) is 3.06. The molecule has 2 saturated heterocycles. The van der Waals surface area contributed by atoms with Gasteiger partial charge in [-0.1, -0.05) is 0 Å². The monoisotopic (exact) mass is 298 g/mol. The molecule has 2 fully saturated rings. The Labute approximate surface area is 125 Å². The molecule has 21 heavy (non-hydrogen) atoms. The zero-order chi connectivity index (χ0) is 15.2. The molecule has 0 aromatic heterocycles. The van der Waals surface area contributed by atoms with Crippen molar-refractivity contribution in [2.75, 3.05) is 32.8 Å². The van der Waals surface area contributed by atoms with Crippen molar-refractivity contribution in [1.29, 1.82) is 0 Å². The van der Waals surface area contributed by atoms with E-state index in [2.05, 4.69) is 0 Å². The second-order valence-corrected chi connectivity index (χ2v) is 6.28. The lowest BCUT2D eigenvalue weighted by Gasteiger charge is -2.39. The van der Waals surface area contributed by atoms with Gasteiger partial charge in [0, 0.05) is 39.2 Å². The van der Waals surface area contributed by atoms with Gasteiger partial charge < -0.3 is 20.0 Å². The number of carboxylic acids is 1. The number of urea groups is 1. The molecular weight excluding hydrogens is 272 g/mol. The van der Waals surface area contributed by atoms with Crippen molar-refractivity contribution in [2.45, 2.75) is 38.5 Å². The molecule has 1 atom stereocenters. The van der Waals surface area contributed by atoms with Crippen LogP contribution in [0.3, 0.4) is 0 Å². The van der Waals surface area contributed by atoms with Gasteiger partial charge in [0.25, 0.3) is 0 Å². The van der Waals surface area contributed by atoms with Crippen LogP contribution in [-0.2, 0) is 4.79 Å². The van der Waals surface area contributed by atoms with Crippen molar-refractivity contribution in [1.82, 2.24) is 9.80 Å². The highest BCUT2D eigenvalue weighted by Crippen LogP contribution is 2.24. The van der Waals surface area contributed by atoms with Gasteiger partial charge in [-0.2, -0.15) is 0 Å². The van der Waals surface area contributed by atoms with Gasteiger partial charge >= 0.3 is 12.0 Å². The van der Waals surface area contributed by atoms with Gasteiger partial charge in [0.15, 0.2) is 0 Å². The molecule has 2 aliphatic heterocycles. The Morgan fingerprint density at radius 3 is 2.33 bits per heavy atom. The molecule has 0 bridgehead atoms. The van der Waals surface area contributed by atoms with Gasteiger partial charge in [0.1, 0.15) is 0 Å². The Morgan fingerprint density at radius 1 is 1.00 bits per heavy atom. The number of carbonyl (C=O) groups is 2. The van der Waals surface area contributed by atoms with Crippen molar-refractivity contribution in [3.8, 4) is 0 Å². The van der Waals surface area contributed by atoms with Gasteiger partial charge in [-0.25, -0.2) is 4.79 Å². The Bertz CT molecular complexity index is 365. The summed E-state index contributed by atoms with van der Waals surface area (Å²) in [4.78, 5) is 27.0. The first-order valence-corrected chi connectivity index (χ1v) is 7.96. The van der Waals surface area contributed by atoms with E-state index in [1.165, 1.54) is 0 Å². The number of aliphatic hydroxyl groups excluding tert-OH is 1. The fourth-order valence-electron chi connectivity index (χ4n) is 3.43. The largest absolute Gasteiger partial charge is 0.481 e. The molecule has 2 rings (SSSR count). The molecule has 1 unspecified atom stereocenters. The highest BCUT2D eigenvalue weighted by Gasteiger charge is 2.30. The minimum atomic E-state index is -0.748. The zero-order valence-electron chi connectivity index (χ0n) is 12.5. The summed E-state index contributed by atoms with van der Waals surface area (Å²) in [5.74, 6) is -0.130. The summed E-state index contributed by atoms with van der Waals surface area (Å²) >= 11 is 0. The van der Waals surface area contributed by atoms with Crippen molar-refractivity contribution in [3.05, 3.63) is 0 Å². The number of carbonyl (C=O) groups excluding carboxylic acids is 1. The Hall–Kier alpha value is -1.30. The van der Waals surface area contributed by atoms with Crippen molar-refractivity contribution in [3.63, 3.8) is 0 Å². The van der Waals surface area contributed by atoms with E-state index in [1.54, 1.807) is 0 Å². The van der Waals surface area contributed by atoms with Crippen molar-refractivity contribution < 1.29 is 19.8 Å². The van der Waals surface area contributed by atoms with Gasteiger partial charge in [0.05, 0.1) is 0 Å². The fourth-order valence-corrected chi connectivity index (χ4v) is 3.43. The van der Waals surface area contributed by atoms with E-state index in [4.69, 9.17) is 10.2 Å². The number of hydrogen-bond donors (Lipinski definition) is 2. The highest BCUT2D eigenvalue weighted by atomic mass is 16.4. The number of carboxylic acid groups (broad SMARTS) is 1. The van der Waals surface area contributed by atoms with E-state index < -0.39 is 5.97 Å². The normalized spacial score (nSPS) is 24.1. The summed E-state index contributed by atoms with van der Waals surface area (Å²) in [6.07, 6.45) is 4.64. The lowest BCUT2D eigenvalue weighted by atomic mass is 9.93. The van der Waals surface area contributed by atoms with E-state index >= 15 is 0 Å². The maximum atomic E-state index is 12.5. The number of aliphatic hydroxyl groups is 1. The molecule has 2 aliphatic rings. The van der Waals surface area contributed by atoms with Crippen LogP contribution < -0.4 is 0 Å². The summed E-state index contributed by atoms with van der Waals surface area (Å²) < 4.78 is 0. The van der Waals surface area contributed by atoms with Gasteiger partial charge in [-0.15, -0.1) is 0 Å². The molecule has 0 aromatic carbocycles. The first-order chi connectivity index (χ1) is 10.1. The van der Waals surface area contributed by atoms with E-state index in [9.17, 15) is 9.59 Å². The Morgan fingerprint density at radius 2 is 1.71 bits per heavy atom. The third-order valence-electron chi connectivity index (χ3n) is 4.68. The van der Waals surface area contributed by atoms with E-state index in [0.717, 1.165) is 45.2 Å². The molecule has 6 nitrogen and oxygen atoms in total. The minimum Gasteiger partial charge on any atom is -0.481 e. The quantitative estimate of drug-likeness (QED) is 0.822. The van der Waals surface area contributed by atoms with Gasteiger partial charge in [0.2, 0.25) is 0 Å². The molecule has 2 heterocycles. The zero-order valence-corrected chi connectivity index (χ0v) is 12.5. The maximum absolute atomic E-state index is 12.5. The first kappa shape index (κ1) is 16.1. The summed E-state index contributed by atoms with van der Waals surface area (Å²) in [7, 11) is 0. The smallest absolute Gasteiger partial charge is 0.320 e. The average molecular weight is 298 g/mol. The van der Waals surface area contributed by atoms with Crippen LogP contribution in [0, 0.1) is 11.8 Å². The molecule has 0 radical (unpaired) electrons. The lowest BCUT2D eigenvalue weighted by molar-refractivity contribution is -0.138. The number of likely N-dealkylation sites (tertiary alicyclic amines) is 2. The number of rotatable bonds is 4. The number of nitrogens with zero attached hydrogens (tertiary/aromatic N) is 2. The standard InChI is InChI=1S/C15H26N2O4/c18-9-5-13-2-1-6-17(11-13)15(21)16-7-3-12(4-8-16)10-14(19)20/h12-13,18H,1-11H2,(H,19,20). The maximum Gasteiger partial charge on any atom is 0.320 e. The van der Waals surface area contributed by atoms with Crippen LogP contribution in [0.2, 0.25) is 0 Å². The average Bonchev–Trinajstić information content (AvgIpc) is 2.47. The third kappa shape index (κ3) is 4.59. The molecule has 0 spiro atoms. The van der Waals surface area contributed by atoms with Crippen LogP contribution in [0.25, 0.3) is 0 Å². The number of aliphatic carboxylic acids is 1. The molecule has 120 valence electrons. The number of hydrogen-bond acceptors (Lipinski definition) is 3. The first-order valence-electron chi connectivity index (χ1n) is 7.96. The summed E-state index contributed by atoms with van der Waals surface area (Å²) in [5, 5.41) is 17.8. The topological polar surface area (TPSA) is 81.1 Å². The molecule has 0 aliphatic carbocycles. The highest BCUT2D eigenvalue weighted by molar-refractivity contribution is 5.74.